The van der Waals surface area contributed by atoms with E-state index in [0.29, 0.717) is 24.2 Å². The van der Waals surface area contributed by atoms with E-state index in [1.165, 1.54) is 32.4 Å². The van der Waals surface area contributed by atoms with Gasteiger partial charge in [0.25, 0.3) is 0 Å². The fourth-order valence-corrected chi connectivity index (χ4v) is 2.69. The average molecular weight is 308 g/mol. The largest absolute Gasteiger partial charge is 0.493 e. The summed E-state index contributed by atoms with van der Waals surface area (Å²) in [6.45, 7) is 2.01. The van der Waals surface area contributed by atoms with Gasteiger partial charge in [-0.2, -0.15) is 0 Å². The number of hydrogen-bond acceptors (Lipinski definition) is 4. The Bertz CT molecular complexity index is 446. The number of aliphatic hydroxyl groups is 1. The first-order chi connectivity index (χ1) is 10.6. The van der Waals surface area contributed by atoms with Crippen LogP contribution in [-0.2, 0) is 14.3 Å². The van der Waals surface area contributed by atoms with Crippen LogP contribution in [0, 0.1) is 0 Å². The Morgan fingerprint density at radius 2 is 1.50 bits per heavy atom. The summed E-state index contributed by atoms with van der Waals surface area (Å²) in [5.41, 5.74) is 1.18. The Kier molecular flexibility index (Phi) is 8.75. The van der Waals surface area contributed by atoms with E-state index in [1.54, 1.807) is 6.92 Å². The number of rotatable bonds is 11. The van der Waals surface area contributed by atoms with Crippen LogP contribution in [0.15, 0.2) is 23.0 Å². The van der Waals surface area contributed by atoms with Crippen LogP contribution in [-0.4, -0.2) is 30.4 Å². The molecule has 0 radical (unpaired) electrons. The molecule has 4 heteroatoms. The minimum absolute atomic E-state index is 0.115. The minimum Gasteiger partial charge on any atom is -0.493 e. The highest BCUT2D eigenvalue weighted by atomic mass is 16.5. The molecule has 0 fully saturated rings. The molecule has 1 rings (SSSR count). The van der Waals surface area contributed by atoms with E-state index < -0.39 is 0 Å². The van der Waals surface area contributed by atoms with E-state index in [2.05, 4.69) is 0 Å². The summed E-state index contributed by atoms with van der Waals surface area (Å²) in [4.78, 5) is 24.0. The Hall–Kier alpha value is -1.42. The highest BCUT2D eigenvalue weighted by molar-refractivity contribution is 6.21. The van der Waals surface area contributed by atoms with Crippen LogP contribution in [0.2, 0.25) is 0 Å². The third-order valence-corrected chi connectivity index (χ3v) is 4.14. The van der Waals surface area contributed by atoms with Crippen LogP contribution in [0.3, 0.4) is 0 Å². The SMILES string of the molecule is COC1=CC(=O)C(C)=C(CCCCCCCCCCO)C1=O. The lowest BCUT2D eigenvalue weighted by molar-refractivity contribution is -0.118. The molecule has 22 heavy (non-hydrogen) atoms. The number of hydrogen-bond donors (Lipinski definition) is 1. The van der Waals surface area contributed by atoms with Crippen LogP contribution in [0.1, 0.15) is 64.7 Å². The Labute approximate surface area is 133 Å². The molecule has 0 amide bonds. The van der Waals surface area contributed by atoms with Crippen LogP contribution < -0.4 is 0 Å². The second kappa shape index (κ2) is 10.3. The third-order valence-electron chi connectivity index (χ3n) is 4.14. The number of ether oxygens (including phenoxy) is 1. The molecule has 4 nitrogen and oxygen atoms in total. The first-order valence-electron chi connectivity index (χ1n) is 8.27. The van der Waals surface area contributed by atoms with Crippen molar-refractivity contribution in [3.05, 3.63) is 23.0 Å². The van der Waals surface area contributed by atoms with Crippen LogP contribution >= 0.6 is 0 Å². The topological polar surface area (TPSA) is 63.6 Å². The Morgan fingerprint density at radius 3 is 2.05 bits per heavy atom. The zero-order valence-electron chi connectivity index (χ0n) is 13.8. The molecule has 0 aromatic carbocycles. The molecule has 0 saturated carbocycles. The van der Waals surface area contributed by atoms with Gasteiger partial charge in [0.2, 0.25) is 5.78 Å². The van der Waals surface area contributed by atoms with E-state index in [9.17, 15) is 9.59 Å². The summed E-state index contributed by atoms with van der Waals surface area (Å²) < 4.78 is 4.98. The van der Waals surface area contributed by atoms with Gasteiger partial charge in [0.05, 0.1) is 7.11 Å². The second-order valence-electron chi connectivity index (χ2n) is 5.81. The van der Waals surface area contributed by atoms with Crippen molar-refractivity contribution in [3.8, 4) is 0 Å². The molecule has 0 aliphatic heterocycles. The highest BCUT2D eigenvalue weighted by Gasteiger charge is 2.26. The zero-order chi connectivity index (χ0) is 16.4. The Morgan fingerprint density at radius 1 is 0.955 bits per heavy atom. The quantitative estimate of drug-likeness (QED) is 0.469. The van der Waals surface area contributed by atoms with Crippen molar-refractivity contribution < 1.29 is 19.4 Å². The lowest BCUT2D eigenvalue weighted by Gasteiger charge is -2.16. The van der Waals surface area contributed by atoms with Gasteiger partial charge in [-0.3, -0.25) is 9.59 Å². The van der Waals surface area contributed by atoms with Crippen molar-refractivity contribution >= 4 is 11.6 Å². The number of allylic oxidation sites excluding steroid dienone is 3. The summed E-state index contributed by atoms with van der Waals surface area (Å²) in [5.74, 6) is -0.0894. The minimum atomic E-state index is -0.136. The zero-order valence-corrected chi connectivity index (χ0v) is 13.8. The lowest BCUT2D eigenvalue weighted by Crippen LogP contribution is -2.19. The smallest absolute Gasteiger partial charge is 0.224 e. The summed E-state index contributed by atoms with van der Waals surface area (Å²) in [6.07, 6.45) is 10.7. The van der Waals surface area contributed by atoms with Crippen molar-refractivity contribution in [2.75, 3.05) is 13.7 Å². The number of ketones is 2. The number of aliphatic hydroxyl groups excluding tert-OH is 1. The van der Waals surface area contributed by atoms with Gasteiger partial charge < -0.3 is 9.84 Å². The maximum Gasteiger partial charge on any atom is 0.224 e. The molecule has 0 unspecified atom stereocenters. The van der Waals surface area contributed by atoms with Gasteiger partial charge in [-0.1, -0.05) is 38.5 Å². The molecule has 1 aliphatic carbocycles. The molecular formula is C18H28O4. The number of carbonyl (C=O) groups is 2. The van der Waals surface area contributed by atoms with Crippen molar-refractivity contribution in [1.29, 1.82) is 0 Å². The molecule has 1 aliphatic rings. The first kappa shape index (κ1) is 18.6. The van der Waals surface area contributed by atoms with Crippen molar-refractivity contribution in [1.82, 2.24) is 0 Å². The van der Waals surface area contributed by atoms with Gasteiger partial charge >= 0.3 is 0 Å². The van der Waals surface area contributed by atoms with Gasteiger partial charge in [0.1, 0.15) is 0 Å². The van der Waals surface area contributed by atoms with Crippen molar-refractivity contribution in [2.45, 2.75) is 64.7 Å². The summed E-state index contributed by atoms with van der Waals surface area (Å²) in [6, 6.07) is 0. The number of methoxy groups -OCH3 is 1. The van der Waals surface area contributed by atoms with Crippen LogP contribution in [0.25, 0.3) is 0 Å². The van der Waals surface area contributed by atoms with Gasteiger partial charge in [-0.15, -0.1) is 0 Å². The summed E-state index contributed by atoms with van der Waals surface area (Å²) in [7, 11) is 1.42. The molecule has 0 bridgehead atoms. The van der Waals surface area contributed by atoms with E-state index in [1.807, 2.05) is 0 Å². The molecule has 0 saturated heterocycles. The number of Topliss-reactive ketones (excluding diaryl/α,β-unsaturated/α-hetero) is 1. The lowest BCUT2D eigenvalue weighted by atomic mass is 9.90. The molecule has 0 aromatic heterocycles. The first-order valence-corrected chi connectivity index (χ1v) is 8.27. The molecule has 0 heterocycles. The van der Waals surface area contributed by atoms with Gasteiger partial charge in [0.15, 0.2) is 11.5 Å². The average Bonchev–Trinajstić information content (AvgIpc) is 2.52. The van der Waals surface area contributed by atoms with E-state index in [4.69, 9.17) is 9.84 Å². The standard InChI is InChI=1S/C18H28O4/c1-14-15(18(21)17(22-2)13-16(14)20)11-9-7-5-3-4-6-8-10-12-19/h13,19H,3-12H2,1-2H3. The maximum absolute atomic E-state index is 12.2. The summed E-state index contributed by atoms with van der Waals surface area (Å²) in [5, 5.41) is 8.69. The third kappa shape index (κ3) is 5.76. The van der Waals surface area contributed by atoms with Crippen molar-refractivity contribution in [3.63, 3.8) is 0 Å². The summed E-state index contributed by atoms with van der Waals surface area (Å²) >= 11 is 0. The monoisotopic (exact) mass is 308 g/mol. The van der Waals surface area contributed by atoms with Crippen LogP contribution in [0.4, 0.5) is 0 Å². The highest BCUT2D eigenvalue weighted by Crippen LogP contribution is 2.24. The van der Waals surface area contributed by atoms with E-state index >= 15 is 0 Å². The Balaban J connectivity index is 2.25. The normalized spacial score (nSPS) is 15.3. The van der Waals surface area contributed by atoms with E-state index in [-0.39, 0.29) is 17.3 Å². The second-order valence-corrected chi connectivity index (χ2v) is 5.81. The predicted molar refractivity (Wildman–Crippen MR) is 86.4 cm³/mol. The molecule has 0 aromatic rings. The van der Waals surface area contributed by atoms with Gasteiger partial charge in [-0.05, 0) is 26.2 Å². The molecular weight excluding hydrogens is 280 g/mol. The van der Waals surface area contributed by atoms with Crippen LogP contribution in [0.5, 0.6) is 0 Å². The molecule has 0 spiro atoms. The fraction of sp³-hybridized carbons (Fsp3) is 0.667. The van der Waals surface area contributed by atoms with Crippen molar-refractivity contribution in [2.24, 2.45) is 0 Å². The predicted octanol–water partition coefficient (Wildman–Crippen LogP) is 3.49. The van der Waals surface area contributed by atoms with Gasteiger partial charge in [-0.25, -0.2) is 0 Å². The molecule has 0 atom stereocenters. The van der Waals surface area contributed by atoms with E-state index in [0.717, 1.165) is 32.1 Å². The molecule has 1 N–H and O–H groups in total. The number of carbonyl (C=O) groups excluding carboxylic acids is 2. The van der Waals surface area contributed by atoms with Gasteiger partial charge in [0, 0.05) is 23.8 Å². The number of unbranched alkanes of at least 4 members (excludes halogenated alkanes) is 7. The maximum atomic E-state index is 12.2. The fourth-order valence-electron chi connectivity index (χ4n) is 2.69. The molecule has 124 valence electrons.